The van der Waals surface area contributed by atoms with Gasteiger partial charge in [-0.15, -0.1) is 12.6 Å². The van der Waals surface area contributed by atoms with E-state index in [1.54, 1.807) is 0 Å². The first kappa shape index (κ1) is 20.6. The van der Waals surface area contributed by atoms with Gasteiger partial charge in [0.1, 0.15) is 0 Å². The van der Waals surface area contributed by atoms with Crippen molar-refractivity contribution in [3.63, 3.8) is 0 Å². The molecule has 0 spiro atoms. The molecule has 0 saturated carbocycles. The Morgan fingerprint density at radius 2 is 1.33 bits per heavy atom. The summed E-state index contributed by atoms with van der Waals surface area (Å²) in [4.78, 5) is 0.983. The predicted molar refractivity (Wildman–Crippen MR) is 134 cm³/mol. The first-order valence-corrected chi connectivity index (χ1v) is 11.0. The number of thiol groups is 1. The Bertz CT molecular complexity index is 1170. The molecule has 0 saturated heterocycles. The largest absolute Gasteiger partial charge is 0.383 e. The summed E-state index contributed by atoms with van der Waals surface area (Å²) in [5.41, 5.74) is 4.96. The van der Waals surface area contributed by atoms with Crippen LogP contribution in [0.4, 0.5) is 11.4 Å². The van der Waals surface area contributed by atoms with Crippen LogP contribution >= 0.6 is 12.6 Å². The molecule has 4 rings (SSSR count). The summed E-state index contributed by atoms with van der Waals surface area (Å²) in [6, 6.07) is 23.5. The number of hydrogen-bond donors (Lipinski definition) is 4. The van der Waals surface area contributed by atoms with Crippen LogP contribution in [0.1, 0.15) is 11.1 Å². The van der Waals surface area contributed by atoms with Crippen molar-refractivity contribution in [1.82, 2.24) is 5.32 Å². The van der Waals surface area contributed by atoms with Gasteiger partial charge in [0, 0.05) is 47.5 Å². The molecule has 3 N–H and O–H groups in total. The molecule has 4 aromatic rings. The van der Waals surface area contributed by atoms with Gasteiger partial charge in [-0.2, -0.15) is 0 Å². The van der Waals surface area contributed by atoms with Crippen LogP contribution in [-0.2, 0) is 0 Å². The fraction of sp³-hybridized carbons (Fsp3) is 0.231. The van der Waals surface area contributed by atoms with Crippen LogP contribution in [0.5, 0.6) is 0 Å². The Balaban J connectivity index is 1.29. The second kappa shape index (κ2) is 9.41. The quantitative estimate of drug-likeness (QED) is 0.210. The minimum absolute atomic E-state index is 0.855. The number of anilines is 2. The van der Waals surface area contributed by atoms with Crippen molar-refractivity contribution in [2.75, 3.05) is 36.8 Å². The lowest BCUT2D eigenvalue weighted by atomic mass is 10.0. The summed E-state index contributed by atoms with van der Waals surface area (Å²) in [6.07, 6.45) is 0. The second-order valence-electron chi connectivity index (χ2n) is 7.71. The van der Waals surface area contributed by atoms with Crippen LogP contribution in [0.3, 0.4) is 0 Å². The number of benzene rings is 4. The average Bonchev–Trinajstić information content (AvgIpc) is 2.76. The summed E-state index contributed by atoms with van der Waals surface area (Å²) in [5.74, 6) is 0. The van der Waals surface area contributed by atoms with Gasteiger partial charge in [0.2, 0.25) is 0 Å². The Hall–Kier alpha value is -2.69. The third-order valence-electron chi connectivity index (χ3n) is 5.58. The van der Waals surface area contributed by atoms with Gasteiger partial charge < -0.3 is 16.0 Å². The summed E-state index contributed by atoms with van der Waals surface area (Å²) in [6.45, 7) is 7.90. The van der Waals surface area contributed by atoms with Crippen LogP contribution < -0.4 is 16.0 Å². The van der Waals surface area contributed by atoms with Gasteiger partial charge in [0.15, 0.2) is 0 Å². The molecular formula is C26H29N3S. The Morgan fingerprint density at radius 1 is 0.633 bits per heavy atom. The molecule has 0 heterocycles. The molecular weight excluding hydrogens is 386 g/mol. The summed E-state index contributed by atoms with van der Waals surface area (Å²) >= 11 is 4.63. The SMILES string of the molecule is Cc1ccc2cccc(C)c2c1NCCNCCNc1c(S)ccc2ccccc12. The normalized spacial score (nSPS) is 11.2. The predicted octanol–water partition coefficient (Wildman–Crippen LogP) is 6.01. The summed E-state index contributed by atoms with van der Waals surface area (Å²) in [7, 11) is 0. The molecule has 4 aromatic carbocycles. The molecule has 0 amide bonds. The maximum atomic E-state index is 4.63. The number of fused-ring (bicyclic) bond motifs is 2. The van der Waals surface area contributed by atoms with E-state index in [-0.39, 0.29) is 0 Å². The van der Waals surface area contributed by atoms with E-state index < -0.39 is 0 Å². The van der Waals surface area contributed by atoms with Crippen molar-refractivity contribution in [3.8, 4) is 0 Å². The van der Waals surface area contributed by atoms with E-state index in [0.29, 0.717) is 0 Å². The third-order valence-corrected chi connectivity index (χ3v) is 5.95. The Morgan fingerprint density at radius 3 is 2.17 bits per heavy atom. The van der Waals surface area contributed by atoms with Gasteiger partial charge >= 0.3 is 0 Å². The number of rotatable bonds is 8. The molecule has 0 aliphatic rings. The minimum Gasteiger partial charge on any atom is -0.383 e. The summed E-state index contributed by atoms with van der Waals surface area (Å²) in [5, 5.41) is 15.8. The molecule has 30 heavy (non-hydrogen) atoms. The highest BCUT2D eigenvalue weighted by Gasteiger charge is 2.07. The minimum atomic E-state index is 0.855. The van der Waals surface area contributed by atoms with Crippen molar-refractivity contribution in [1.29, 1.82) is 0 Å². The fourth-order valence-corrected chi connectivity index (χ4v) is 4.29. The van der Waals surface area contributed by atoms with E-state index in [1.165, 1.54) is 38.4 Å². The average molecular weight is 416 g/mol. The molecule has 3 nitrogen and oxygen atoms in total. The standard InChI is InChI=1S/C26H29N3S/c1-18-6-5-8-21-11-10-19(2)25(24(18)21)28-16-14-27-15-17-29-26-22-9-4-3-7-20(22)12-13-23(26)30/h3-13,27-30H,14-17H2,1-2H3. The highest BCUT2D eigenvalue weighted by molar-refractivity contribution is 7.80. The van der Waals surface area contributed by atoms with E-state index >= 15 is 0 Å². The number of aryl methyl sites for hydroxylation is 2. The van der Waals surface area contributed by atoms with Gasteiger partial charge in [-0.05, 0) is 41.8 Å². The van der Waals surface area contributed by atoms with Gasteiger partial charge in [0.25, 0.3) is 0 Å². The van der Waals surface area contributed by atoms with E-state index in [9.17, 15) is 0 Å². The lowest BCUT2D eigenvalue weighted by Gasteiger charge is -2.16. The first-order valence-electron chi connectivity index (χ1n) is 10.5. The van der Waals surface area contributed by atoms with Gasteiger partial charge in [-0.3, -0.25) is 0 Å². The first-order chi connectivity index (χ1) is 14.6. The van der Waals surface area contributed by atoms with Crippen LogP contribution in [-0.4, -0.2) is 26.2 Å². The maximum absolute atomic E-state index is 4.63. The van der Waals surface area contributed by atoms with E-state index in [0.717, 1.165) is 36.8 Å². The maximum Gasteiger partial charge on any atom is 0.0555 e. The smallest absolute Gasteiger partial charge is 0.0555 e. The Kier molecular flexibility index (Phi) is 6.46. The lowest BCUT2D eigenvalue weighted by molar-refractivity contribution is 0.719. The molecule has 0 aliphatic heterocycles. The van der Waals surface area contributed by atoms with Gasteiger partial charge in [-0.1, -0.05) is 60.7 Å². The second-order valence-corrected chi connectivity index (χ2v) is 8.20. The summed E-state index contributed by atoms with van der Waals surface area (Å²) < 4.78 is 0. The van der Waals surface area contributed by atoms with Crippen LogP contribution in [0.2, 0.25) is 0 Å². The van der Waals surface area contributed by atoms with Crippen molar-refractivity contribution in [2.45, 2.75) is 18.7 Å². The van der Waals surface area contributed by atoms with Crippen LogP contribution in [0, 0.1) is 13.8 Å². The molecule has 0 unspecified atom stereocenters. The number of nitrogens with one attached hydrogen (secondary N) is 3. The zero-order chi connectivity index (χ0) is 20.9. The van der Waals surface area contributed by atoms with Crippen molar-refractivity contribution < 1.29 is 0 Å². The van der Waals surface area contributed by atoms with Crippen LogP contribution in [0.15, 0.2) is 71.6 Å². The zero-order valence-corrected chi connectivity index (χ0v) is 18.5. The lowest BCUT2D eigenvalue weighted by Crippen LogP contribution is -2.27. The van der Waals surface area contributed by atoms with Crippen LogP contribution in [0.25, 0.3) is 21.5 Å². The molecule has 0 bridgehead atoms. The molecule has 154 valence electrons. The van der Waals surface area contributed by atoms with E-state index in [1.807, 2.05) is 0 Å². The van der Waals surface area contributed by atoms with E-state index in [4.69, 9.17) is 0 Å². The highest BCUT2D eigenvalue weighted by atomic mass is 32.1. The number of hydrogen-bond acceptors (Lipinski definition) is 4. The molecule has 0 radical (unpaired) electrons. The molecule has 0 fully saturated rings. The monoisotopic (exact) mass is 415 g/mol. The molecule has 0 aliphatic carbocycles. The van der Waals surface area contributed by atoms with E-state index in [2.05, 4.69) is 109 Å². The topological polar surface area (TPSA) is 36.1 Å². The van der Waals surface area contributed by atoms with Crippen molar-refractivity contribution >= 4 is 45.5 Å². The van der Waals surface area contributed by atoms with Crippen molar-refractivity contribution in [3.05, 3.63) is 77.9 Å². The molecule has 4 heteroatoms. The highest BCUT2D eigenvalue weighted by Crippen LogP contribution is 2.30. The fourth-order valence-electron chi connectivity index (χ4n) is 4.02. The molecule has 0 atom stereocenters. The van der Waals surface area contributed by atoms with Gasteiger partial charge in [0.05, 0.1) is 5.69 Å². The zero-order valence-electron chi connectivity index (χ0n) is 17.6. The third kappa shape index (κ3) is 4.40. The van der Waals surface area contributed by atoms with Crippen molar-refractivity contribution in [2.24, 2.45) is 0 Å². The Labute approximate surface area is 184 Å². The van der Waals surface area contributed by atoms with Gasteiger partial charge in [-0.25, -0.2) is 0 Å². The molecule has 0 aromatic heterocycles.